The minimum atomic E-state index is -0.136. The molecule has 0 radical (unpaired) electrons. The molecule has 0 bridgehead atoms. The number of hydrogen-bond acceptors (Lipinski definition) is 6. The van der Waals surface area contributed by atoms with Crippen molar-refractivity contribution in [3.8, 4) is 11.5 Å². The molecule has 0 unspecified atom stereocenters. The number of halogens is 1. The number of pyridine rings is 1. The molecule has 3 aromatic rings. The lowest BCUT2D eigenvalue weighted by Crippen LogP contribution is -2.14. The Kier molecular flexibility index (Phi) is 5.13. The summed E-state index contributed by atoms with van der Waals surface area (Å²) in [5.74, 6) is 1.80. The highest BCUT2D eigenvalue weighted by Crippen LogP contribution is 2.38. The molecule has 6 nitrogen and oxygen atoms in total. The minimum absolute atomic E-state index is 0.136. The SMILES string of the molecule is Cc1ccc(NC(=O)CSc2ccc(-c3nc(C4CC4)no3)cn2)c(Cl)c1. The number of aryl methyl sites for hydroxylation is 1. The predicted octanol–water partition coefficient (Wildman–Crippen LogP) is 4.70. The standard InChI is InChI=1S/C19H17ClN4O2S/c1-11-2-6-15(14(20)8-11)22-16(25)10-27-17-7-5-13(9-21-17)19-23-18(24-26-19)12-3-4-12/h2,5-9,12H,3-4,10H2,1H3,(H,22,25). The second-order valence-corrected chi connectivity index (χ2v) is 7.84. The summed E-state index contributed by atoms with van der Waals surface area (Å²) in [4.78, 5) is 20.9. The number of thioether (sulfide) groups is 1. The van der Waals surface area contributed by atoms with Gasteiger partial charge < -0.3 is 9.84 Å². The van der Waals surface area contributed by atoms with Crippen LogP contribution in [0.1, 0.15) is 30.1 Å². The number of carbonyl (C=O) groups excluding carboxylic acids is 1. The first kappa shape index (κ1) is 18.0. The molecule has 0 atom stereocenters. The Balaban J connectivity index is 1.33. The molecule has 2 heterocycles. The fourth-order valence-electron chi connectivity index (χ4n) is 2.50. The van der Waals surface area contributed by atoms with E-state index in [1.165, 1.54) is 11.8 Å². The molecule has 1 fully saturated rings. The lowest BCUT2D eigenvalue weighted by atomic mass is 10.2. The molecule has 8 heteroatoms. The monoisotopic (exact) mass is 400 g/mol. The van der Waals surface area contributed by atoms with E-state index in [1.807, 2.05) is 31.2 Å². The molecule has 2 aromatic heterocycles. The van der Waals surface area contributed by atoms with Crippen molar-refractivity contribution in [3.05, 3.63) is 52.9 Å². The van der Waals surface area contributed by atoms with Gasteiger partial charge in [-0.3, -0.25) is 4.79 Å². The molecule has 0 spiro atoms. The van der Waals surface area contributed by atoms with Crippen LogP contribution in [0.4, 0.5) is 5.69 Å². The minimum Gasteiger partial charge on any atom is -0.334 e. The summed E-state index contributed by atoms with van der Waals surface area (Å²) in [6.07, 6.45) is 3.94. The number of carbonyl (C=O) groups is 1. The van der Waals surface area contributed by atoms with Gasteiger partial charge in [0.1, 0.15) is 0 Å². The van der Waals surface area contributed by atoms with Crippen LogP contribution in [0.5, 0.6) is 0 Å². The number of aromatic nitrogens is 3. The van der Waals surface area contributed by atoms with Crippen molar-refractivity contribution >= 4 is 35.0 Å². The first-order chi connectivity index (χ1) is 13.1. The first-order valence-corrected chi connectivity index (χ1v) is 9.93. The lowest BCUT2D eigenvalue weighted by molar-refractivity contribution is -0.113. The Morgan fingerprint density at radius 2 is 2.19 bits per heavy atom. The number of amides is 1. The van der Waals surface area contributed by atoms with Gasteiger partial charge in [0.25, 0.3) is 5.89 Å². The molecule has 0 aliphatic heterocycles. The zero-order valence-corrected chi connectivity index (χ0v) is 16.2. The molecular weight excluding hydrogens is 384 g/mol. The van der Waals surface area contributed by atoms with E-state index >= 15 is 0 Å². The van der Waals surface area contributed by atoms with Gasteiger partial charge in [-0.2, -0.15) is 4.98 Å². The number of anilines is 1. The van der Waals surface area contributed by atoms with Crippen molar-refractivity contribution in [1.82, 2.24) is 15.1 Å². The van der Waals surface area contributed by atoms with Crippen molar-refractivity contribution < 1.29 is 9.32 Å². The van der Waals surface area contributed by atoms with Gasteiger partial charge in [0, 0.05) is 12.1 Å². The van der Waals surface area contributed by atoms with Gasteiger partial charge in [0.05, 0.1) is 27.1 Å². The normalized spacial score (nSPS) is 13.6. The van der Waals surface area contributed by atoms with Gasteiger partial charge in [-0.05, 0) is 49.6 Å². The van der Waals surface area contributed by atoms with Crippen LogP contribution in [0.2, 0.25) is 5.02 Å². The first-order valence-electron chi connectivity index (χ1n) is 8.57. The fourth-order valence-corrected chi connectivity index (χ4v) is 3.42. The summed E-state index contributed by atoms with van der Waals surface area (Å²) >= 11 is 7.49. The average Bonchev–Trinajstić information content (AvgIpc) is 3.40. The molecule has 1 aliphatic carbocycles. The summed E-state index contributed by atoms with van der Waals surface area (Å²) in [6, 6.07) is 9.23. The summed E-state index contributed by atoms with van der Waals surface area (Å²) < 4.78 is 5.29. The van der Waals surface area contributed by atoms with Gasteiger partial charge in [-0.25, -0.2) is 4.98 Å². The van der Waals surface area contributed by atoms with Gasteiger partial charge in [-0.1, -0.05) is 34.6 Å². The lowest BCUT2D eigenvalue weighted by Gasteiger charge is -2.07. The van der Waals surface area contributed by atoms with E-state index < -0.39 is 0 Å². The fraction of sp³-hybridized carbons (Fsp3) is 0.263. The zero-order valence-electron chi connectivity index (χ0n) is 14.6. The Labute approximate surface area is 165 Å². The highest BCUT2D eigenvalue weighted by atomic mass is 35.5. The van der Waals surface area contributed by atoms with Crippen LogP contribution in [-0.2, 0) is 4.79 Å². The van der Waals surface area contributed by atoms with Crippen LogP contribution in [0, 0.1) is 6.92 Å². The Morgan fingerprint density at radius 3 is 2.89 bits per heavy atom. The third-order valence-electron chi connectivity index (χ3n) is 4.12. The Hall–Kier alpha value is -2.38. The summed E-state index contributed by atoms with van der Waals surface area (Å²) in [5, 5.41) is 8.09. The van der Waals surface area contributed by atoms with Crippen LogP contribution in [-0.4, -0.2) is 26.8 Å². The van der Waals surface area contributed by atoms with Crippen LogP contribution >= 0.6 is 23.4 Å². The third kappa shape index (κ3) is 4.48. The van der Waals surface area contributed by atoms with Crippen LogP contribution in [0.25, 0.3) is 11.5 Å². The molecule has 1 amide bonds. The van der Waals surface area contributed by atoms with E-state index in [1.54, 1.807) is 12.3 Å². The molecule has 1 N–H and O–H groups in total. The summed E-state index contributed by atoms with van der Waals surface area (Å²) in [7, 11) is 0. The number of nitrogens with zero attached hydrogens (tertiary/aromatic N) is 3. The average molecular weight is 401 g/mol. The van der Waals surface area contributed by atoms with Crippen molar-refractivity contribution in [1.29, 1.82) is 0 Å². The largest absolute Gasteiger partial charge is 0.334 e. The third-order valence-corrected chi connectivity index (χ3v) is 5.37. The van der Waals surface area contributed by atoms with Crippen molar-refractivity contribution in [3.63, 3.8) is 0 Å². The Bertz CT molecular complexity index is 970. The smallest absolute Gasteiger partial charge is 0.259 e. The van der Waals surface area contributed by atoms with E-state index in [2.05, 4.69) is 20.4 Å². The second kappa shape index (κ2) is 7.70. The van der Waals surface area contributed by atoms with Gasteiger partial charge in [-0.15, -0.1) is 0 Å². The van der Waals surface area contributed by atoms with Crippen LogP contribution < -0.4 is 5.32 Å². The molecule has 1 saturated carbocycles. The van der Waals surface area contributed by atoms with E-state index in [0.29, 0.717) is 22.5 Å². The summed E-state index contributed by atoms with van der Waals surface area (Å²) in [6.45, 7) is 1.95. The van der Waals surface area contributed by atoms with E-state index in [4.69, 9.17) is 16.1 Å². The van der Waals surface area contributed by atoms with E-state index in [0.717, 1.165) is 34.8 Å². The molecule has 138 valence electrons. The number of hydrogen-bond donors (Lipinski definition) is 1. The van der Waals surface area contributed by atoms with Crippen molar-refractivity contribution in [2.24, 2.45) is 0 Å². The van der Waals surface area contributed by atoms with E-state index in [-0.39, 0.29) is 11.7 Å². The van der Waals surface area contributed by atoms with Gasteiger partial charge in [0.2, 0.25) is 5.91 Å². The molecule has 4 rings (SSSR count). The maximum absolute atomic E-state index is 12.1. The van der Waals surface area contributed by atoms with Gasteiger partial charge >= 0.3 is 0 Å². The second-order valence-electron chi connectivity index (χ2n) is 6.44. The predicted molar refractivity (Wildman–Crippen MR) is 105 cm³/mol. The maximum Gasteiger partial charge on any atom is 0.259 e. The zero-order chi connectivity index (χ0) is 18.8. The maximum atomic E-state index is 12.1. The highest BCUT2D eigenvalue weighted by molar-refractivity contribution is 7.99. The van der Waals surface area contributed by atoms with Crippen molar-refractivity contribution in [2.75, 3.05) is 11.1 Å². The van der Waals surface area contributed by atoms with Gasteiger partial charge in [0.15, 0.2) is 5.82 Å². The molecule has 0 saturated heterocycles. The molecule has 1 aromatic carbocycles. The van der Waals surface area contributed by atoms with Crippen LogP contribution in [0.15, 0.2) is 46.1 Å². The quantitative estimate of drug-likeness (QED) is 0.604. The summed E-state index contributed by atoms with van der Waals surface area (Å²) in [5.41, 5.74) is 2.43. The Morgan fingerprint density at radius 1 is 1.33 bits per heavy atom. The molecular formula is C19H17ClN4O2S. The van der Waals surface area contributed by atoms with E-state index in [9.17, 15) is 4.79 Å². The number of benzene rings is 1. The molecule has 27 heavy (non-hydrogen) atoms. The topological polar surface area (TPSA) is 80.9 Å². The number of rotatable bonds is 6. The van der Waals surface area contributed by atoms with Crippen LogP contribution in [0.3, 0.4) is 0 Å². The van der Waals surface area contributed by atoms with Crippen molar-refractivity contribution in [2.45, 2.75) is 30.7 Å². The highest BCUT2D eigenvalue weighted by Gasteiger charge is 2.29. The number of nitrogens with one attached hydrogen (secondary N) is 1. The molecule has 1 aliphatic rings.